The van der Waals surface area contributed by atoms with Crippen molar-refractivity contribution in [2.75, 3.05) is 20.3 Å². The summed E-state index contributed by atoms with van der Waals surface area (Å²) < 4.78 is 11.0. The van der Waals surface area contributed by atoms with Crippen LogP contribution in [0.3, 0.4) is 0 Å². The molecule has 21 heavy (non-hydrogen) atoms. The van der Waals surface area contributed by atoms with E-state index in [1.165, 1.54) is 5.56 Å². The number of ether oxygens (including phenoxy) is 2. The Balaban J connectivity index is 1.78. The number of hydrogen-bond donors (Lipinski definition) is 1. The van der Waals surface area contributed by atoms with E-state index in [1.807, 2.05) is 12.1 Å². The molecule has 118 valence electrons. The lowest BCUT2D eigenvalue weighted by atomic mass is 9.61. The van der Waals surface area contributed by atoms with E-state index in [9.17, 15) is 0 Å². The van der Waals surface area contributed by atoms with Crippen LogP contribution in [0.4, 0.5) is 0 Å². The summed E-state index contributed by atoms with van der Waals surface area (Å²) in [5.74, 6) is 0.920. The van der Waals surface area contributed by atoms with Gasteiger partial charge in [0.15, 0.2) is 0 Å². The van der Waals surface area contributed by atoms with Crippen LogP contribution >= 0.6 is 0 Å². The fraction of sp³-hybridized carbons (Fsp3) is 0.667. The van der Waals surface area contributed by atoms with Gasteiger partial charge in [0.05, 0.1) is 13.2 Å². The summed E-state index contributed by atoms with van der Waals surface area (Å²) in [4.78, 5) is 0. The third-order valence-corrected chi connectivity index (χ3v) is 5.07. The second kappa shape index (κ2) is 7.28. The zero-order valence-electron chi connectivity index (χ0n) is 13.8. The lowest BCUT2D eigenvalue weighted by Gasteiger charge is -2.53. The number of nitrogens with one attached hydrogen (secondary N) is 1. The first-order valence-corrected chi connectivity index (χ1v) is 8.12. The third kappa shape index (κ3) is 3.58. The fourth-order valence-corrected chi connectivity index (χ4v) is 3.25. The van der Waals surface area contributed by atoms with E-state index in [1.54, 1.807) is 7.11 Å². The number of hydrogen-bond acceptors (Lipinski definition) is 3. The molecule has 1 aromatic rings. The summed E-state index contributed by atoms with van der Waals surface area (Å²) in [6, 6.07) is 8.92. The van der Waals surface area contributed by atoms with Crippen LogP contribution in [0.15, 0.2) is 24.3 Å². The summed E-state index contributed by atoms with van der Waals surface area (Å²) in [5, 5.41) is 3.71. The number of methoxy groups -OCH3 is 1. The third-order valence-electron chi connectivity index (χ3n) is 5.07. The zero-order chi connectivity index (χ0) is 15.3. The average Bonchev–Trinajstić information content (AvgIpc) is 2.53. The molecule has 0 heterocycles. The first-order chi connectivity index (χ1) is 10.1. The Hall–Kier alpha value is -1.06. The smallest absolute Gasteiger partial charge is 0.118 e. The number of benzene rings is 1. The Morgan fingerprint density at radius 3 is 2.52 bits per heavy atom. The van der Waals surface area contributed by atoms with E-state index in [-0.39, 0.29) is 5.41 Å². The minimum atomic E-state index is 0.288. The van der Waals surface area contributed by atoms with Crippen molar-refractivity contribution in [1.82, 2.24) is 5.32 Å². The van der Waals surface area contributed by atoms with Crippen molar-refractivity contribution in [2.45, 2.75) is 52.2 Å². The lowest BCUT2D eigenvalue weighted by Crippen LogP contribution is -2.62. The standard InChI is InChI=1S/C18H29NO2/c1-5-18(3)16(13-17(18)21-6-2)19-12-11-14-7-9-15(20-4)10-8-14/h7-10,16-17,19H,5-6,11-13H2,1-4H3. The van der Waals surface area contributed by atoms with Crippen LogP contribution in [0.25, 0.3) is 0 Å². The summed E-state index contributed by atoms with van der Waals surface area (Å²) in [6.45, 7) is 8.54. The summed E-state index contributed by atoms with van der Waals surface area (Å²) >= 11 is 0. The van der Waals surface area contributed by atoms with E-state index in [2.05, 4.69) is 38.2 Å². The van der Waals surface area contributed by atoms with Crippen LogP contribution in [0.2, 0.25) is 0 Å². The van der Waals surface area contributed by atoms with Gasteiger partial charge in [-0.1, -0.05) is 26.0 Å². The molecule has 0 aliphatic heterocycles. The molecule has 1 aliphatic carbocycles. The molecule has 0 aromatic heterocycles. The highest BCUT2D eigenvalue weighted by Crippen LogP contribution is 2.45. The van der Waals surface area contributed by atoms with Crippen molar-refractivity contribution in [2.24, 2.45) is 5.41 Å². The van der Waals surface area contributed by atoms with E-state index >= 15 is 0 Å². The van der Waals surface area contributed by atoms with Gasteiger partial charge < -0.3 is 14.8 Å². The Labute approximate surface area is 129 Å². The highest BCUT2D eigenvalue weighted by atomic mass is 16.5. The maximum atomic E-state index is 5.85. The summed E-state index contributed by atoms with van der Waals surface area (Å²) in [6.07, 6.45) is 3.78. The van der Waals surface area contributed by atoms with Gasteiger partial charge in [-0.3, -0.25) is 0 Å². The predicted octanol–water partition coefficient (Wildman–Crippen LogP) is 3.42. The van der Waals surface area contributed by atoms with Crippen LogP contribution in [-0.2, 0) is 11.2 Å². The van der Waals surface area contributed by atoms with Crippen molar-refractivity contribution in [3.63, 3.8) is 0 Å². The van der Waals surface area contributed by atoms with Crippen molar-refractivity contribution in [3.05, 3.63) is 29.8 Å². The maximum Gasteiger partial charge on any atom is 0.118 e. The molecule has 3 unspecified atom stereocenters. The topological polar surface area (TPSA) is 30.5 Å². The maximum absolute atomic E-state index is 5.85. The minimum Gasteiger partial charge on any atom is -0.497 e. The van der Waals surface area contributed by atoms with E-state index in [0.29, 0.717) is 12.1 Å². The van der Waals surface area contributed by atoms with Gasteiger partial charge in [0.2, 0.25) is 0 Å². The van der Waals surface area contributed by atoms with Crippen molar-refractivity contribution in [1.29, 1.82) is 0 Å². The molecule has 0 spiro atoms. The predicted molar refractivity (Wildman–Crippen MR) is 86.9 cm³/mol. The fourth-order valence-electron chi connectivity index (χ4n) is 3.25. The Morgan fingerprint density at radius 2 is 1.95 bits per heavy atom. The molecular weight excluding hydrogens is 262 g/mol. The van der Waals surface area contributed by atoms with Gasteiger partial charge in [-0.15, -0.1) is 0 Å². The van der Waals surface area contributed by atoms with Crippen LogP contribution in [-0.4, -0.2) is 32.4 Å². The number of rotatable bonds is 8. The molecule has 1 aliphatic rings. The van der Waals surface area contributed by atoms with Gasteiger partial charge >= 0.3 is 0 Å². The molecule has 0 saturated heterocycles. The lowest BCUT2D eigenvalue weighted by molar-refractivity contribution is -0.125. The van der Waals surface area contributed by atoms with E-state index in [0.717, 1.165) is 38.2 Å². The molecule has 1 N–H and O–H groups in total. The Morgan fingerprint density at radius 1 is 1.24 bits per heavy atom. The molecule has 2 rings (SSSR count). The first-order valence-electron chi connectivity index (χ1n) is 8.12. The molecule has 1 aromatic carbocycles. The van der Waals surface area contributed by atoms with Crippen LogP contribution in [0.5, 0.6) is 5.75 Å². The van der Waals surface area contributed by atoms with Gasteiger partial charge in [0.1, 0.15) is 5.75 Å². The van der Waals surface area contributed by atoms with Gasteiger partial charge in [-0.05, 0) is 50.4 Å². The molecule has 1 fully saturated rings. The van der Waals surface area contributed by atoms with Crippen molar-refractivity contribution >= 4 is 0 Å². The molecule has 3 heteroatoms. The normalized spacial score (nSPS) is 28.2. The largest absolute Gasteiger partial charge is 0.497 e. The highest BCUT2D eigenvalue weighted by molar-refractivity contribution is 5.27. The zero-order valence-corrected chi connectivity index (χ0v) is 13.8. The monoisotopic (exact) mass is 291 g/mol. The first kappa shape index (κ1) is 16.3. The molecule has 0 bridgehead atoms. The summed E-state index contributed by atoms with van der Waals surface area (Å²) in [5.41, 5.74) is 1.64. The highest BCUT2D eigenvalue weighted by Gasteiger charge is 2.50. The average molecular weight is 291 g/mol. The second-order valence-electron chi connectivity index (χ2n) is 6.14. The molecule has 1 saturated carbocycles. The van der Waals surface area contributed by atoms with Crippen LogP contribution in [0.1, 0.15) is 39.2 Å². The van der Waals surface area contributed by atoms with Gasteiger partial charge in [0, 0.05) is 18.1 Å². The quantitative estimate of drug-likeness (QED) is 0.796. The molecule has 3 atom stereocenters. The van der Waals surface area contributed by atoms with Crippen molar-refractivity contribution < 1.29 is 9.47 Å². The van der Waals surface area contributed by atoms with E-state index in [4.69, 9.17) is 9.47 Å². The Bertz CT molecular complexity index is 431. The minimum absolute atomic E-state index is 0.288. The van der Waals surface area contributed by atoms with Crippen LogP contribution in [0, 0.1) is 5.41 Å². The second-order valence-corrected chi connectivity index (χ2v) is 6.14. The van der Waals surface area contributed by atoms with Gasteiger partial charge in [-0.25, -0.2) is 0 Å². The van der Waals surface area contributed by atoms with Gasteiger partial charge in [0.25, 0.3) is 0 Å². The molecule has 0 amide bonds. The molecule has 3 nitrogen and oxygen atoms in total. The SMILES string of the molecule is CCOC1CC(NCCc2ccc(OC)cc2)C1(C)CC. The van der Waals surface area contributed by atoms with Crippen molar-refractivity contribution in [3.8, 4) is 5.75 Å². The Kier molecular flexibility index (Phi) is 5.65. The molecule has 0 radical (unpaired) electrons. The van der Waals surface area contributed by atoms with E-state index < -0.39 is 0 Å². The summed E-state index contributed by atoms with van der Waals surface area (Å²) in [7, 11) is 1.70. The molecular formula is C18H29NO2. The van der Waals surface area contributed by atoms with Crippen LogP contribution < -0.4 is 10.1 Å². The van der Waals surface area contributed by atoms with Gasteiger partial charge in [-0.2, -0.15) is 0 Å².